The standard InChI is InChI=1S/C9H14N2O3/c1-6(14-10)7-4-9(13-3)11-5-8(7)12-2/h4-6H,10H2,1-3H3. The monoisotopic (exact) mass is 198 g/mol. The summed E-state index contributed by atoms with van der Waals surface area (Å²) in [7, 11) is 3.11. The lowest BCUT2D eigenvalue weighted by molar-refractivity contribution is 0.0643. The number of nitrogens with two attached hydrogens (primary N) is 1. The van der Waals surface area contributed by atoms with E-state index >= 15 is 0 Å². The number of nitrogens with zero attached hydrogens (tertiary/aromatic N) is 1. The van der Waals surface area contributed by atoms with Crippen molar-refractivity contribution in [2.45, 2.75) is 13.0 Å². The van der Waals surface area contributed by atoms with E-state index in [9.17, 15) is 0 Å². The Hall–Kier alpha value is -1.33. The summed E-state index contributed by atoms with van der Waals surface area (Å²) in [6.45, 7) is 1.82. The molecule has 0 aliphatic rings. The van der Waals surface area contributed by atoms with Gasteiger partial charge < -0.3 is 9.47 Å². The van der Waals surface area contributed by atoms with E-state index in [-0.39, 0.29) is 6.10 Å². The topological polar surface area (TPSA) is 66.6 Å². The molecule has 0 bridgehead atoms. The molecule has 0 saturated carbocycles. The van der Waals surface area contributed by atoms with Gasteiger partial charge in [0.1, 0.15) is 11.9 Å². The van der Waals surface area contributed by atoms with Gasteiger partial charge in [0.05, 0.1) is 20.4 Å². The van der Waals surface area contributed by atoms with Gasteiger partial charge in [-0.2, -0.15) is 0 Å². The van der Waals surface area contributed by atoms with E-state index in [2.05, 4.69) is 4.98 Å². The SMILES string of the molecule is COc1cc(C(C)ON)c(OC)cn1. The number of rotatable bonds is 4. The number of hydrogen-bond donors (Lipinski definition) is 1. The summed E-state index contributed by atoms with van der Waals surface area (Å²) in [6, 6.07) is 1.73. The van der Waals surface area contributed by atoms with Crippen LogP contribution in [0.5, 0.6) is 11.6 Å². The minimum atomic E-state index is -0.262. The largest absolute Gasteiger partial charge is 0.495 e. The fraction of sp³-hybridized carbons (Fsp3) is 0.444. The summed E-state index contributed by atoms with van der Waals surface area (Å²) in [5.74, 6) is 6.24. The molecule has 1 aromatic rings. The Bertz CT molecular complexity index is 304. The first kappa shape index (κ1) is 10.7. The van der Waals surface area contributed by atoms with Gasteiger partial charge in [-0.25, -0.2) is 10.9 Å². The number of aromatic nitrogens is 1. The Morgan fingerprint density at radius 1 is 1.36 bits per heavy atom. The fourth-order valence-corrected chi connectivity index (χ4v) is 1.11. The summed E-state index contributed by atoms with van der Waals surface area (Å²) in [5.41, 5.74) is 0.807. The molecule has 0 fully saturated rings. The lowest BCUT2D eigenvalue weighted by Gasteiger charge is -2.13. The lowest BCUT2D eigenvalue weighted by Crippen LogP contribution is -2.07. The zero-order chi connectivity index (χ0) is 10.6. The van der Waals surface area contributed by atoms with Gasteiger partial charge in [0.25, 0.3) is 0 Å². The first-order chi connectivity index (χ1) is 6.72. The van der Waals surface area contributed by atoms with Crippen molar-refractivity contribution < 1.29 is 14.3 Å². The molecule has 1 unspecified atom stereocenters. The maximum atomic E-state index is 5.11. The van der Waals surface area contributed by atoms with E-state index in [1.165, 1.54) is 0 Å². The third kappa shape index (κ3) is 2.12. The normalized spacial score (nSPS) is 12.3. The van der Waals surface area contributed by atoms with Gasteiger partial charge in [0.15, 0.2) is 0 Å². The minimum absolute atomic E-state index is 0.262. The van der Waals surface area contributed by atoms with Crippen molar-refractivity contribution in [2.75, 3.05) is 14.2 Å². The van der Waals surface area contributed by atoms with E-state index in [1.807, 2.05) is 6.92 Å². The summed E-state index contributed by atoms with van der Waals surface area (Å²) in [4.78, 5) is 8.72. The third-order valence-electron chi connectivity index (χ3n) is 1.94. The average molecular weight is 198 g/mol. The number of methoxy groups -OCH3 is 2. The molecule has 1 atom stereocenters. The molecule has 0 saturated heterocycles. The Kier molecular flexibility index (Phi) is 3.67. The minimum Gasteiger partial charge on any atom is -0.495 e. The van der Waals surface area contributed by atoms with E-state index in [4.69, 9.17) is 20.2 Å². The van der Waals surface area contributed by atoms with Gasteiger partial charge in [0.2, 0.25) is 5.88 Å². The fourth-order valence-electron chi connectivity index (χ4n) is 1.11. The van der Waals surface area contributed by atoms with E-state index in [0.29, 0.717) is 11.6 Å². The molecule has 1 heterocycles. The van der Waals surface area contributed by atoms with Crippen molar-refractivity contribution in [2.24, 2.45) is 5.90 Å². The van der Waals surface area contributed by atoms with Crippen molar-refractivity contribution in [1.82, 2.24) is 4.98 Å². The quantitative estimate of drug-likeness (QED) is 0.732. The highest BCUT2D eigenvalue weighted by molar-refractivity contribution is 5.36. The average Bonchev–Trinajstić information content (AvgIpc) is 2.27. The van der Waals surface area contributed by atoms with E-state index < -0.39 is 0 Å². The van der Waals surface area contributed by atoms with Crippen LogP contribution < -0.4 is 15.4 Å². The zero-order valence-corrected chi connectivity index (χ0v) is 8.48. The molecule has 0 aromatic carbocycles. The summed E-state index contributed by atoms with van der Waals surface area (Å²) in [5, 5.41) is 0. The Morgan fingerprint density at radius 2 is 2.07 bits per heavy atom. The third-order valence-corrected chi connectivity index (χ3v) is 1.94. The first-order valence-corrected chi connectivity index (χ1v) is 4.16. The van der Waals surface area contributed by atoms with Crippen molar-refractivity contribution in [3.8, 4) is 11.6 Å². The van der Waals surface area contributed by atoms with Gasteiger partial charge in [0, 0.05) is 11.6 Å². The molecule has 78 valence electrons. The van der Waals surface area contributed by atoms with Crippen LogP contribution in [0.4, 0.5) is 0 Å². The molecule has 0 amide bonds. The number of hydrogen-bond acceptors (Lipinski definition) is 5. The van der Waals surface area contributed by atoms with Gasteiger partial charge in [-0.15, -0.1) is 0 Å². The summed E-state index contributed by atoms with van der Waals surface area (Å²) < 4.78 is 10.1. The molecule has 0 aliphatic carbocycles. The van der Waals surface area contributed by atoms with E-state index in [0.717, 1.165) is 5.56 Å². The highest BCUT2D eigenvalue weighted by Crippen LogP contribution is 2.28. The highest BCUT2D eigenvalue weighted by Gasteiger charge is 2.13. The molecular weight excluding hydrogens is 184 g/mol. The molecule has 14 heavy (non-hydrogen) atoms. The molecule has 2 N–H and O–H groups in total. The van der Waals surface area contributed by atoms with Crippen molar-refractivity contribution in [3.63, 3.8) is 0 Å². The number of pyridine rings is 1. The van der Waals surface area contributed by atoms with Crippen LogP contribution in [0.2, 0.25) is 0 Å². The van der Waals surface area contributed by atoms with Gasteiger partial charge in [-0.3, -0.25) is 4.84 Å². The zero-order valence-electron chi connectivity index (χ0n) is 8.48. The van der Waals surface area contributed by atoms with Crippen LogP contribution in [0, 0.1) is 0 Å². The van der Waals surface area contributed by atoms with Gasteiger partial charge >= 0.3 is 0 Å². The van der Waals surface area contributed by atoms with Crippen molar-refractivity contribution >= 4 is 0 Å². The highest BCUT2D eigenvalue weighted by atomic mass is 16.6. The number of ether oxygens (including phenoxy) is 2. The van der Waals surface area contributed by atoms with Crippen LogP contribution in [-0.4, -0.2) is 19.2 Å². The molecule has 1 rings (SSSR count). The van der Waals surface area contributed by atoms with Gasteiger partial charge in [-0.05, 0) is 6.92 Å². The van der Waals surface area contributed by atoms with Crippen molar-refractivity contribution in [3.05, 3.63) is 17.8 Å². The molecule has 5 nitrogen and oxygen atoms in total. The Labute approximate surface area is 82.7 Å². The van der Waals surface area contributed by atoms with Crippen LogP contribution in [0.3, 0.4) is 0 Å². The first-order valence-electron chi connectivity index (χ1n) is 4.16. The molecule has 0 radical (unpaired) electrons. The molecule has 5 heteroatoms. The maximum absolute atomic E-state index is 5.11. The Morgan fingerprint density at radius 3 is 2.57 bits per heavy atom. The second-order valence-electron chi connectivity index (χ2n) is 2.75. The predicted octanol–water partition coefficient (Wildman–Crippen LogP) is 1.05. The second kappa shape index (κ2) is 4.78. The van der Waals surface area contributed by atoms with Crippen LogP contribution in [0.1, 0.15) is 18.6 Å². The Balaban J connectivity index is 3.08. The molecular formula is C9H14N2O3. The van der Waals surface area contributed by atoms with Crippen LogP contribution >= 0.6 is 0 Å². The lowest BCUT2D eigenvalue weighted by atomic mass is 10.1. The second-order valence-corrected chi connectivity index (χ2v) is 2.75. The van der Waals surface area contributed by atoms with Gasteiger partial charge in [-0.1, -0.05) is 0 Å². The summed E-state index contributed by atoms with van der Waals surface area (Å²) in [6.07, 6.45) is 1.31. The molecule has 1 aromatic heterocycles. The van der Waals surface area contributed by atoms with E-state index in [1.54, 1.807) is 26.5 Å². The molecule has 0 aliphatic heterocycles. The van der Waals surface area contributed by atoms with Crippen LogP contribution in [-0.2, 0) is 4.84 Å². The maximum Gasteiger partial charge on any atom is 0.213 e. The molecule has 0 spiro atoms. The summed E-state index contributed by atoms with van der Waals surface area (Å²) >= 11 is 0. The predicted molar refractivity (Wildman–Crippen MR) is 51.0 cm³/mol. The van der Waals surface area contributed by atoms with Crippen LogP contribution in [0.15, 0.2) is 12.3 Å². The van der Waals surface area contributed by atoms with Crippen LogP contribution in [0.25, 0.3) is 0 Å². The van der Waals surface area contributed by atoms with Crippen molar-refractivity contribution in [1.29, 1.82) is 0 Å². The smallest absolute Gasteiger partial charge is 0.213 e.